The van der Waals surface area contributed by atoms with Crippen LogP contribution in [0.25, 0.3) is 11.3 Å². The van der Waals surface area contributed by atoms with Gasteiger partial charge in [0.25, 0.3) is 5.91 Å². The first-order valence-electron chi connectivity index (χ1n) is 8.16. The molecule has 0 saturated heterocycles. The lowest BCUT2D eigenvalue weighted by Gasteiger charge is -2.13. The van der Waals surface area contributed by atoms with Gasteiger partial charge in [0.2, 0.25) is 5.95 Å². The highest BCUT2D eigenvalue weighted by Crippen LogP contribution is 2.29. The van der Waals surface area contributed by atoms with E-state index in [1.54, 1.807) is 6.07 Å². The zero-order valence-corrected chi connectivity index (χ0v) is 14.4. The van der Waals surface area contributed by atoms with Crippen LogP contribution in [-0.2, 0) is 0 Å². The molecule has 2 aromatic rings. The van der Waals surface area contributed by atoms with Gasteiger partial charge >= 0.3 is 0 Å². The molecule has 1 amide bonds. The molecule has 0 aliphatic carbocycles. The number of nitrogens with two attached hydrogens (primary N) is 1. The van der Waals surface area contributed by atoms with E-state index >= 15 is 0 Å². The van der Waals surface area contributed by atoms with Gasteiger partial charge in [-0.2, -0.15) is 0 Å². The fourth-order valence-electron chi connectivity index (χ4n) is 2.18. The summed E-state index contributed by atoms with van der Waals surface area (Å²) in [4.78, 5) is 20.3. The Labute approximate surface area is 142 Å². The van der Waals surface area contributed by atoms with Crippen molar-refractivity contribution in [3.63, 3.8) is 0 Å². The first-order chi connectivity index (χ1) is 11.5. The number of benzene rings is 1. The molecule has 1 aromatic heterocycles. The van der Waals surface area contributed by atoms with Crippen molar-refractivity contribution in [3.05, 3.63) is 36.0 Å². The van der Waals surface area contributed by atoms with Gasteiger partial charge in [-0.1, -0.05) is 26.0 Å². The number of nitrogens with zero attached hydrogens (tertiary/aromatic N) is 2. The van der Waals surface area contributed by atoms with Crippen LogP contribution in [0.1, 0.15) is 37.7 Å². The van der Waals surface area contributed by atoms with Crippen molar-refractivity contribution in [2.24, 2.45) is 5.92 Å². The van der Waals surface area contributed by atoms with Crippen LogP contribution in [0.2, 0.25) is 0 Å². The third-order valence-corrected chi connectivity index (χ3v) is 3.43. The maximum Gasteiger partial charge on any atom is 0.270 e. The normalized spacial score (nSPS) is 10.7. The van der Waals surface area contributed by atoms with E-state index in [2.05, 4.69) is 29.1 Å². The third-order valence-electron chi connectivity index (χ3n) is 3.43. The predicted molar refractivity (Wildman–Crippen MR) is 94.8 cm³/mol. The summed E-state index contributed by atoms with van der Waals surface area (Å²) < 4.78 is 5.89. The molecule has 1 aromatic carbocycles. The Kier molecular flexibility index (Phi) is 6.12. The molecule has 6 heteroatoms. The Morgan fingerprint density at radius 1 is 1.29 bits per heavy atom. The molecular formula is C18H24N4O2. The molecule has 0 fully saturated rings. The first kappa shape index (κ1) is 17.7. The number of ether oxygens (including phenoxy) is 1. The molecule has 2 rings (SSSR count). The van der Waals surface area contributed by atoms with Gasteiger partial charge in [-0.15, -0.1) is 0 Å². The minimum atomic E-state index is -0.272. The van der Waals surface area contributed by atoms with Crippen molar-refractivity contribution < 1.29 is 9.53 Å². The van der Waals surface area contributed by atoms with Gasteiger partial charge in [0.15, 0.2) is 0 Å². The predicted octanol–water partition coefficient (Wildman–Crippen LogP) is 2.90. The van der Waals surface area contributed by atoms with Crippen molar-refractivity contribution >= 4 is 11.9 Å². The highest BCUT2D eigenvalue weighted by atomic mass is 16.5. The van der Waals surface area contributed by atoms with Gasteiger partial charge in [0.05, 0.1) is 12.3 Å². The summed E-state index contributed by atoms with van der Waals surface area (Å²) in [6.45, 7) is 7.30. The van der Waals surface area contributed by atoms with Crippen molar-refractivity contribution in [1.82, 2.24) is 15.3 Å². The quantitative estimate of drug-likeness (QED) is 0.815. The number of carbonyl (C=O) groups is 1. The zero-order chi connectivity index (χ0) is 17.5. The van der Waals surface area contributed by atoms with Gasteiger partial charge in [0.1, 0.15) is 11.4 Å². The van der Waals surface area contributed by atoms with E-state index in [9.17, 15) is 4.79 Å². The lowest BCUT2D eigenvalue weighted by Crippen LogP contribution is -2.24. The number of nitrogen functional groups attached to an aromatic ring is 1. The summed E-state index contributed by atoms with van der Waals surface area (Å²) in [6.07, 6.45) is 0.963. The van der Waals surface area contributed by atoms with Crippen LogP contribution in [-0.4, -0.2) is 29.0 Å². The van der Waals surface area contributed by atoms with Crippen LogP contribution in [0.4, 0.5) is 5.95 Å². The first-order valence-corrected chi connectivity index (χ1v) is 8.16. The van der Waals surface area contributed by atoms with E-state index in [0.29, 0.717) is 24.8 Å². The molecule has 0 bridgehead atoms. The average molecular weight is 328 g/mol. The fraction of sp³-hybridized carbons (Fsp3) is 0.389. The fourth-order valence-corrected chi connectivity index (χ4v) is 2.18. The molecule has 1 heterocycles. The number of hydrogen-bond acceptors (Lipinski definition) is 5. The van der Waals surface area contributed by atoms with E-state index < -0.39 is 0 Å². The van der Waals surface area contributed by atoms with Gasteiger partial charge in [-0.05, 0) is 37.5 Å². The van der Waals surface area contributed by atoms with Gasteiger partial charge in [-0.3, -0.25) is 4.79 Å². The van der Waals surface area contributed by atoms with E-state index in [-0.39, 0.29) is 17.5 Å². The maximum atomic E-state index is 12.0. The van der Waals surface area contributed by atoms with Crippen molar-refractivity contribution in [3.8, 4) is 17.0 Å². The van der Waals surface area contributed by atoms with Crippen LogP contribution in [0.5, 0.6) is 5.75 Å². The highest BCUT2D eigenvalue weighted by Gasteiger charge is 2.14. The molecular weight excluding hydrogens is 304 g/mol. The van der Waals surface area contributed by atoms with Crippen LogP contribution in [0.15, 0.2) is 30.3 Å². The molecule has 3 N–H and O–H groups in total. The number of amides is 1. The highest BCUT2D eigenvalue weighted by molar-refractivity contribution is 5.93. The molecule has 128 valence electrons. The maximum absolute atomic E-state index is 12.0. The topological polar surface area (TPSA) is 90.1 Å². The summed E-state index contributed by atoms with van der Waals surface area (Å²) in [5.74, 6) is 1.08. The molecule has 0 radical (unpaired) electrons. The average Bonchev–Trinajstić information content (AvgIpc) is 2.54. The Morgan fingerprint density at radius 3 is 2.75 bits per heavy atom. The second kappa shape index (κ2) is 8.29. The Morgan fingerprint density at radius 2 is 2.04 bits per heavy atom. The van der Waals surface area contributed by atoms with E-state index in [1.165, 1.54) is 0 Å². The second-order valence-electron chi connectivity index (χ2n) is 5.88. The molecule has 0 aliphatic heterocycles. The SMILES string of the molecule is CCNC(=O)c1cc(-c2ccccc2OCCC(C)C)nc(N)n1. The van der Waals surface area contributed by atoms with Crippen molar-refractivity contribution in [2.45, 2.75) is 27.2 Å². The summed E-state index contributed by atoms with van der Waals surface area (Å²) in [5, 5.41) is 2.71. The van der Waals surface area contributed by atoms with Gasteiger partial charge < -0.3 is 15.8 Å². The standard InChI is InChI=1S/C18H24N4O2/c1-4-20-17(23)15-11-14(21-18(19)22-15)13-7-5-6-8-16(13)24-10-9-12(2)3/h5-8,11-12H,4,9-10H2,1-3H3,(H,20,23)(H2,19,21,22). The van der Waals surface area contributed by atoms with Crippen molar-refractivity contribution in [1.29, 1.82) is 0 Å². The number of nitrogens with one attached hydrogen (secondary N) is 1. The zero-order valence-electron chi connectivity index (χ0n) is 14.4. The van der Waals surface area contributed by atoms with Gasteiger partial charge in [-0.25, -0.2) is 9.97 Å². The minimum absolute atomic E-state index is 0.0609. The van der Waals surface area contributed by atoms with E-state index in [4.69, 9.17) is 10.5 Å². The molecule has 0 unspecified atom stereocenters. The lowest BCUT2D eigenvalue weighted by atomic mass is 10.1. The molecule has 6 nitrogen and oxygen atoms in total. The minimum Gasteiger partial charge on any atom is -0.493 e. The number of carbonyl (C=O) groups excluding carboxylic acids is 1. The summed E-state index contributed by atoms with van der Waals surface area (Å²) in [6, 6.07) is 9.22. The summed E-state index contributed by atoms with van der Waals surface area (Å²) in [7, 11) is 0. The number of anilines is 1. The number of aromatic nitrogens is 2. The van der Waals surface area contributed by atoms with Crippen LogP contribution in [0, 0.1) is 5.92 Å². The molecule has 0 aliphatic rings. The monoisotopic (exact) mass is 328 g/mol. The molecule has 0 saturated carbocycles. The van der Waals surface area contributed by atoms with E-state index in [0.717, 1.165) is 17.7 Å². The summed E-state index contributed by atoms with van der Waals surface area (Å²) in [5.41, 5.74) is 7.39. The molecule has 24 heavy (non-hydrogen) atoms. The number of para-hydroxylation sites is 1. The number of rotatable bonds is 7. The van der Waals surface area contributed by atoms with E-state index in [1.807, 2.05) is 31.2 Å². The smallest absolute Gasteiger partial charge is 0.270 e. The number of hydrogen-bond donors (Lipinski definition) is 2. The van der Waals surface area contributed by atoms with Crippen molar-refractivity contribution in [2.75, 3.05) is 18.9 Å². The van der Waals surface area contributed by atoms with Crippen LogP contribution in [0.3, 0.4) is 0 Å². The Bertz CT molecular complexity index is 701. The van der Waals surface area contributed by atoms with Gasteiger partial charge in [0, 0.05) is 12.1 Å². The second-order valence-corrected chi connectivity index (χ2v) is 5.88. The van der Waals surface area contributed by atoms with Crippen LogP contribution >= 0.6 is 0 Å². The Hall–Kier alpha value is -2.63. The summed E-state index contributed by atoms with van der Waals surface area (Å²) >= 11 is 0. The third kappa shape index (κ3) is 4.68. The van der Waals surface area contributed by atoms with Crippen LogP contribution < -0.4 is 15.8 Å². The lowest BCUT2D eigenvalue weighted by molar-refractivity contribution is 0.0951. The molecule has 0 atom stereocenters. The largest absolute Gasteiger partial charge is 0.493 e. The molecule has 0 spiro atoms. The Balaban J connectivity index is 2.32.